The molecule has 5 fully saturated rings. The van der Waals surface area contributed by atoms with Gasteiger partial charge in [0.2, 0.25) is 5.91 Å². The maximum atomic E-state index is 12.8. The molecule has 1 aliphatic heterocycles. The van der Waals surface area contributed by atoms with E-state index in [9.17, 15) is 4.79 Å². The van der Waals surface area contributed by atoms with Gasteiger partial charge >= 0.3 is 0 Å². The molecule has 4 bridgehead atoms. The number of rotatable bonds is 3. The molecule has 3 nitrogen and oxygen atoms in total. The van der Waals surface area contributed by atoms with E-state index in [-0.39, 0.29) is 5.41 Å². The third-order valence-electron chi connectivity index (χ3n) is 6.26. The summed E-state index contributed by atoms with van der Waals surface area (Å²) in [7, 11) is 0. The van der Waals surface area contributed by atoms with E-state index in [1.54, 1.807) is 0 Å². The molecule has 0 radical (unpaired) electrons. The van der Waals surface area contributed by atoms with Crippen LogP contribution in [0.25, 0.3) is 0 Å². The Morgan fingerprint density at radius 3 is 2.11 bits per heavy atom. The minimum Gasteiger partial charge on any atom is -0.350 e. The van der Waals surface area contributed by atoms with Crippen LogP contribution < -0.4 is 5.32 Å². The molecule has 0 aromatic rings. The first kappa shape index (κ1) is 12.2. The lowest BCUT2D eigenvalue weighted by Gasteiger charge is -2.56. The van der Waals surface area contributed by atoms with Gasteiger partial charge in [0, 0.05) is 18.5 Å². The van der Waals surface area contributed by atoms with Gasteiger partial charge in [0.1, 0.15) is 0 Å². The molecule has 0 unspecified atom stereocenters. The minimum atomic E-state index is 0.0430. The molecule has 5 rings (SSSR count). The summed E-state index contributed by atoms with van der Waals surface area (Å²) >= 11 is 0. The van der Waals surface area contributed by atoms with Crippen LogP contribution in [0.2, 0.25) is 0 Å². The van der Waals surface area contributed by atoms with E-state index < -0.39 is 0 Å². The van der Waals surface area contributed by atoms with Crippen LogP contribution in [0.5, 0.6) is 0 Å². The predicted octanol–water partition coefficient (Wildman–Crippen LogP) is 2.02. The summed E-state index contributed by atoms with van der Waals surface area (Å²) in [4.78, 5) is 15.2. The Kier molecular flexibility index (Phi) is 2.70. The Morgan fingerprint density at radius 1 is 1.11 bits per heavy atom. The van der Waals surface area contributed by atoms with Crippen molar-refractivity contribution in [2.45, 2.75) is 51.5 Å². The van der Waals surface area contributed by atoms with Crippen molar-refractivity contribution < 1.29 is 4.79 Å². The molecule has 1 N–H and O–H groups in total. The van der Waals surface area contributed by atoms with Gasteiger partial charge in [-0.3, -0.25) is 9.69 Å². The maximum Gasteiger partial charge on any atom is 0.226 e. The number of hydrogen-bond acceptors (Lipinski definition) is 2. The van der Waals surface area contributed by atoms with Gasteiger partial charge in [-0.25, -0.2) is 0 Å². The second kappa shape index (κ2) is 4.21. The highest BCUT2D eigenvalue weighted by molar-refractivity contribution is 5.83. The Hall–Kier alpha value is -0.570. The molecule has 4 saturated carbocycles. The molecule has 106 valence electrons. The zero-order chi connectivity index (χ0) is 13.0. The van der Waals surface area contributed by atoms with Crippen molar-refractivity contribution in [2.75, 3.05) is 19.6 Å². The third kappa shape index (κ3) is 1.93. The van der Waals surface area contributed by atoms with Crippen LogP contribution in [0.15, 0.2) is 0 Å². The fourth-order valence-electron chi connectivity index (χ4n) is 5.65. The number of amides is 1. The summed E-state index contributed by atoms with van der Waals surface area (Å²) in [6, 6.07) is 0.431. The average Bonchev–Trinajstić information content (AvgIpc) is 2.31. The van der Waals surface area contributed by atoms with E-state index in [0.29, 0.717) is 11.9 Å². The Balaban J connectivity index is 1.42. The van der Waals surface area contributed by atoms with Crippen molar-refractivity contribution in [1.29, 1.82) is 0 Å². The molecular weight excluding hydrogens is 236 g/mol. The highest BCUT2D eigenvalue weighted by Gasteiger charge is 2.54. The van der Waals surface area contributed by atoms with Crippen LogP contribution in [0.1, 0.15) is 45.4 Å². The average molecular weight is 262 g/mol. The Labute approximate surface area is 116 Å². The zero-order valence-corrected chi connectivity index (χ0v) is 12.0. The molecule has 0 aromatic heterocycles. The zero-order valence-electron chi connectivity index (χ0n) is 12.0. The molecule has 0 aromatic carbocycles. The maximum absolute atomic E-state index is 12.8. The number of likely N-dealkylation sites (N-methyl/N-ethyl adjacent to an activating group) is 1. The fraction of sp³-hybridized carbons (Fsp3) is 0.938. The van der Waals surface area contributed by atoms with Crippen LogP contribution in [0.4, 0.5) is 0 Å². The quantitative estimate of drug-likeness (QED) is 0.844. The number of hydrogen-bond donors (Lipinski definition) is 1. The van der Waals surface area contributed by atoms with Gasteiger partial charge in [-0.1, -0.05) is 6.92 Å². The van der Waals surface area contributed by atoms with Gasteiger partial charge in [0.25, 0.3) is 0 Å². The second-order valence-corrected chi connectivity index (χ2v) is 7.72. The Bertz CT molecular complexity index is 351. The molecule has 3 heteroatoms. The molecule has 1 amide bonds. The normalized spacial score (nSPS) is 45.2. The molecule has 0 atom stereocenters. The molecule has 1 saturated heterocycles. The van der Waals surface area contributed by atoms with Crippen LogP contribution >= 0.6 is 0 Å². The van der Waals surface area contributed by atoms with Crippen LogP contribution in [-0.4, -0.2) is 36.5 Å². The molecule has 5 aliphatic rings. The van der Waals surface area contributed by atoms with E-state index in [2.05, 4.69) is 17.1 Å². The summed E-state index contributed by atoms with van der Waals surface area (Å²) < 4.78 is 0. The molecular formula is C16H26N2O. The van der Waals surface area contributed by atoms with Crippen molar-refractivity contribution >= 4 is 5.91 Å². The van der Waals surface area contributed by atoms with Gasteiger partial charge in [-0.05, 0) is 62.8 Å². The van der Waals surface area contributed by atoms with Crippen molar-refractivity contribution in [3.63, 3.8) is 0 Å². The number of nitrogens with zero attached hydrogens (tertiary/aromatic N) is 1. The van der Waals surface area contributed by atoms with Crippen molar-refractivity contribution in [3.05, 3.63) is 0 Å². The lowest BCUT2D eigenvalue weighted by molar-refractivity contribution is -0.148. The van der Waals surface area contributed by atoms with Gasteiger partial charge in [0.15, 0.2) is 0 Å². The number of carbonyl (C=O) groups excluding carboxylic acids is 1. The summed E-state index contributed by atoms with van der Waals surface area (Å²) in [5.74, 6) is 3.01. The summed E-state index contributed by atoms with van der Waals surface area (Å²) in [5.41, 5.74) is 0.0430. The highest BCUT2D eigenvalue weighted by Crippen LogP contribution is 2.60. The second-order valence-electron chi connectivity index (χ2n) is 7.72. The Morgan fingerprint density at radius 2 is 1.63 bits per heavy atom. The van der Waals surface area contributed by atoms with E-state index >= 15 is 0 Å². The van der Waals surface area contributed by atoms with Gasteiger partial charge < -0.3 is 5.32 Å². The SMILES string of the molecule is CCN1CC(NC(=O)C23CC4CC(CC(C4)C2)C3)C1. The van der Waals surface area contributed by atoms with E-state index in [0.717, 1.165) is 37.4 Å². The standard InChI is InChI=1S/C16H26N2O/c1-2-18-9-14(10-18)17-15(19)16-6-11-3-12(7-16)5-13(4-11)8-16/h11-14H,2-10H2,1H3,(H,17,19). The fourth-order valence-corrected chi connectivity index (χ4v) is 5.65. The first-order valence-electron chi connectivity index (χ1n) is 8.20. The molecule has 4 aliphatic carbocycles. The first-order chi connectivity index (χ1) is 9.17. The molecule has 0 spiro atoms. The monoisotopic (exact) mass is 262 g/mol. The van der Waals surface area contributed by atoms with Crippen molar-refractivity contribution in [3.8, 4) is 0 Å². The van der Waals surface area contributed by atoms with E-state index in [1.807, 2.05) is 0 Å². The van der Waals surface area contributed by atoms with Gasteiger partial charge in [0.05, 0.1) is 6.04 Å². The van der Waals surface area contributed by atoms with Gasteiger partial charge in [-0.15, -0.1) is 0 Å². The highest BCUT2D eigenvalue weighted by atomic mass is 16.2. The molecule has 1 heterocycles. The minimum absolute atomic E-state index is 0.0430. The summed E-state index contributed by atoms with van der Waals surface area (Å²) in [5, 5.41) is 3.36. The topological polar surface area (TPSA) is 32.3 Å². The number of likely N-dealkylation sites (tertiary alicyclic amines) is 1. The lowest BCUT2D eigenvalue weighted by atomic mass is 9.49. The van der Waals surface area contributed by atoms with E-state index in [1.165, 1.54) is 38.5 Å². The van der Waals surface area contributed by atoms with E-state index in [4.69, 9.17) is 0 Å². The summed E-state index contributed by atoms with van der Waals surface area (Å²) in [6.45, 7) is 5.43. The predicted molar refractivity (Wildman–Crippen MR) is 74.6 cm³/mol. The first-order valence-corrected chi connectivity index (χ1v) is 8.20. The largest absolute Gasteiger partial charge is 0.350 e. The van der Waals surface area contributed by atoms with Crippen molar-refractivity contribution in [1.82, 2.24) is 10.2 Å². The van der Waals surface area contributed by atoms with Crippen LogP contribution in [0, 0.1) is 23.2 Å². The van der Waals surface area contributed by atoms with Gasteiger partial charge in [-0.2, -0.15) is 0 Å². The third-order valence-corrected chi connectivity index (χ3v) is 6.26. The van der Waals surface area contributed by atoms with Crippen LogP contribution in [-0.2, 0) is 4.79 Å². The molecule has 19 heavy (non-hydrogen) atoms. The summed E-state index contributed by atoms with van der Waals surface area (Å²) in [6.07, 6.45) is 7.82. The lowest BCUT2D eigenvalue weighted by Crippen LogP contribution is -2.63. The number of nitrogens with one attached hydrogen (secondary N) is 1. The number of carbonyl (C=O) groups is 1. The van der Waals surface area contributed by atoms with Crippen LogP contribution in [0.3, 0.4) is 0 Å². The van der Waals surface area contributed by atoms with Crippen molar-refractivity contribution in [2.24, 2.45) is 23.2 Å². The smallest absolute Gasteiger partial charge is 0.226 e.